The lowest BCUT2D eigenvalue weighted by atomic mass is 10.1. The Kier molecular flexibility index (Phi) is 4.99. The van der Waals surface area contributed by atoms with Crippen molar-refractivity contribution in [2.24, 2.45) is 10.7 Å². The van der Waals surface area contributed by atoms with Gasteiger partial charge in [0.1, 0.15) is 0 Å². The number of aliphatic imine (C=N–C) groups is 1. The highest BCUT2D eigenvalue weighted by molar-refractivity contribution is 6.08. The van der Waals surface area contributed by atoms with Crippen LogP contribution in [0.3, 0.4) is 0 Å². The van der Waals surface area contributed by atoms with Crippen molar-refractivity contribution >= 4 is 17.9 Å². The van der Waals surface area contributed by atoms with E-state index in [-0.39, 0.29) is 0 Å². The molecule has 0 amide bonds. The van der Waals surface area contributed by atoms with E-state index >= 15 is 0 Å². The van der Waals surface area contributed by atoms with Crippen molar-refractivity contribution in [2.75, 3.05) is 6.54 Å². The molecule has 16 heavy (non-hydrogen) atoms. The van der Waals surface area contributed by atoms with Gasteiger partial charge in [-0.15, -0.1) is 0 Å². The number of allylic oxidation sites excluding steroid dienone is 1. The number of nitrogens with two attached hydrogens (primary N) is 1. The number of nitrogens with zero attached hydrogens (tertiary/aromatic N) is 2. The molecule has 1 aromatic rings. The fourth-order valence-electron chi connectivity index (χ4n) is 1.18. The predicted octanol–water partition coefficient (Wildman–Crippen LogP) is 2.50. The summed E-state index contributed by atoms with van der Waals surface area (Å²) in [7, 11) is 0. The van der Waals surface area contributed by atoms with Crippen LogP contribution in [0.25, 0.3) is 11.6 Å². The first kappa shape index (κ1) is 12.2. The Morgan fingerprint density at radius 3 is 2.88 bits per heavy atom. The summed E-state index contributed by atoms with van der Waals surface area (Å²) in [5, 5.41) is 0. The van der Waals surface area contributed by atoms with Crippen LogP contribution in [0.15, 0.2) is 36.1 Å². The second kappa shape index (κ2) is 6.56. The standard InChI is InChI=1S/C13H17N3/c1-3-7-15-10-12(8-14)13-6-5-11(4-2)9-16-13/h4-6,8-10H,2-3,7,14H2,1H3/b12-8+,15-10?. The minimum Gasteiger partial charge on any atom is -0.404 e. The monoisotopic (exact) mass is 215 g/mol. The summed E-state index contributed by atoms with van der Waals surface area (Å²) < 4.78 is 0. The van der Waals surface area contributed by atoms with Crippen molar-refractivity contribution in [1.29, 1.82) is 0 Å². The van der Waals surface area contributed by atoms with Crippen molar-refractivity contribution in [3.8, 4) is 0 Å². The topological polar surface area (TPSA) is 51.3 Å². The molecule has 0 atom stereocenters. The summed E-state index contributed by atoms with van der Waals surface area (Å²) in [6.45, 7) is 6.57. The van der Waals surface area contributed by atoms with E-state index in [4.69, 9.17) is 5.73 Å². The highest BCUT2D eigenvalue weighted by Crippen LogP contribution is 2.09. The molecule has 0 aromatic carbocycles. The molecule has 0 spiro atoms. The van der Waals surface area contributed by atoms with Crippen LogP contribution < -0.4 is 5.73 Å². The highest BCUT2D eigenvalue weighted by Gasteiger charge is 1.98. The van der Waals surface area contributed by atoms with Gasteiger partial charge in [-0.25, -0.2) is 0 Å². The van der Waals surface area contributed by atoms with Crippen molar-refractivity contribution in [1.82, 2.24) is 4.98 Å². The molecule has 0 aliphatic rings. The second-order valence-electron chi connectivity index (χ2n) is 3.34. The van der Waals surface area contributed by atoms with Gasteiger partial charge in [-0.05, 0) is 18.1 Å². The van der Waals surface area contributed by atoms with Crippen molar-refractivity contribution in [3.05, 3.63) is 42.4 Å². The normalized spacial score (nSPS) is 11.9. The molecule has 0 aliphatic carbocycles. The minimum atomic E-state index is 0.808. The first-order valence-corrected chi connectivity index (χ1v) is 5.32. The maximum Gasteiger partial charge on any atom is 0.0732 e. The average Bonchev–Trinajstić information content (AvgIpc) is 2.35. The molecule has 1 heterocycles. The summed E-state index contributed by atoms with van der Waals surface area (Å²) >= 11 is 0. The zero-order valence-electron chi connectivity index (χ0n) is 9.56. The zero-order valence-corrected chi connectivity index (χ0v) is 9.56. The summed E-state index contributed by atoms with van der Waals surface area (Å²) in [4.78, 5) is 8.54. The van der Waals surface area contributed by atoms with E-state index in [0.717, 1.165) is 29.8 Å². The van der Waals surface area contributed by atoms with Crippen LogP contribution in [-0.4, -0.2) is 17.7 Å². The van der Waals surface area contributed by atoms with E-state index in [2.05, 4.69) is 23.5 Å². The van der Waals surface area contributed by atoms with Crippen LogP contribution in [0.4, 0.5) is 0 Å². The van der Waals surface area contributed by atoms with Gasteiger partial charge in [0, 0.05) is 30.7 Å². The van der Waals surface area contributed by atoms with E-state index in [1.165, 1.54) is 6.20 Å². The lowest BCUT2D eigenvalue weighted by Gasteiger charge is -2.00. The Labute approximate surface area is 96.4 Å². The Hall–Kier alpha value is -1.90. The lowest BCUT2D eigenvalue weighted by Crippen LogP contribution is -1.95. The molecule has 0 bridgehead atoms. The highest BCUT2D eigenvalue weighted by atomic mass is 14.7. The van der Waals surface area contributed by atoms with Gasteiger partial charge >= 0.3 is 0 Å². The van der Waals surface area contributed by atoms with Crippen LogP contribution in [0.2, 0.25) is 0 Å². The Morgan fingerprint density at radius 2 is 2.38 bits per heavy atom. The average molecular weight is 215 g/mol. The third kappa shape index (κ3) is 3.35. The van der Waals surface area contributed by atoms with Crippen LogP contribution >= 0.6 is 0 Å². The molecule has 0 radical (unpaired) electrons. The van der Waals surface area contributed by atoms with E-state index in [1.807, 2.05) is 12.1 Å². The Morgan fingerprint density at radius 1 is 1.56 bits per heavy atom. The minimum absolute atomic E-state index is 0.808. The van der Waals surface area contributed by atoms with Crippen LogP contribution in [-0.2, 0) is 0 Å². The summed E-state index contributed by atoms with van der Waals surface area (Å²) in [5.74, 6) is 0. The third-order valence-corrected chi connectivity index (χ3v) is 2.08. The zero-order chi connectivity index (χ0) is 11.8. The van der Waals surface area contributed by atoms with E-state index in [0.29, 0.717) is 0 Å². The van der Waals surface area contributed by atoms with Gasteiger partial charge < -0.3 is 5.73 Å². The maximum atomic E-state index is 5.54. The first-order chi connectivity index (χ1) is 7.81. The lowest BCUT2D eigenvalue weighted by molar-refractivity contribution is 0.937. The molecule has 3 heteroatoms. The third-order valence-electron chi connectivity index (χ3n) is 2.08. The molecule has 3 nitrogen and oxygen atoms in total. The fraction of sp³-hybridized carbons (Fsp3) is 0.231. The summed E-state index contributed by atoms with van der Waals surface area (Å²) in [6, 6.07) is 3.86. The van der Waals surface area contributed by atoms with Crippen LogP contribution in [0.1, 0.15) is 24.6 Å². The predicted molar refractivity (Wildman–Crippen MR) is 70.1 cm³/mol. The van der Waals surface area contributed by atoms with Crippen molar-refractivity contribution < 1.29 is 0 Å². The van der Waals surface area contributed by atoms with Crippen LogP contribution in [0, 0.1) is 0 Å². The van der Waals surface area contributed by atoms with Gasteiger partial charge in [0.2, 0.25) is 0 Å². The molecule has 1 aromatic heterocycles. The molecule has 0 aliphatic heterocycles. The van der Waals surface area contributed by atoms with E-state index in [9.17, 15) is 0 Å². The molecule has 84 valence electrons. The number of pyridine rings is 1. The van der Waals surface area contributed by atoms with E-state index in [1.54, 1.807) is 18.5 Å². The van der Waals surface area contributed by atoms with Gasteiger partial charge in [-0.2, -0.15) is 0 Å². The largest absolute Gasteiger partial charge is 0.404 e. The fourth-order valence-corrected chi connectivity index (χ4v) is 1.18. The Balaban J connectivity index is 2.83. The number of aromatic nitrogens is 1. The van der Waals surface area contributed by atoms with Gasteiger partial charge in [-0.3, -0.25) is 9.98 Å². The van der Waals surface area contributed by atoms with Gasteiger partial charge in [0.05, 0.1) is 5.69 Å². The van der Waals surface area contributed by atoms with E-state index < -0.39 is 0 Å². The van der Waals surface area contributed by atoms with Gasteiger partial charge in [0.15, 0.2) is 0 Å². The Bertz CT molecular complexity index is 388. The molecule has 0 saturated heterocycles. The molecular weight excluding hydrogens is 198 g/mol. The van der Waals surface area contributed by atoms with Crippen molar-refractivity contribution in [3.63, 3.8) is 0 Å². The molecule has 0 unspecified atom stereocenters. The smallest absolute Gasteiger partial charge is 0.0732 e. The second-order valence-corrected chi connectivity index (χ2v) is 3.34. The quantitative estimate of drug-likeness (QED) is 0.767. The first-order valence-electron chi connectivity index (χ1n) is 5.32. The van der Waals surface area contributed by atoms with Crippen molar-refractivity contribution in [2.45, 2.75) is 13.3 Å². The molecule has 0 saturated carbocycles. The van der Waals surface area contributed by atoms with Gasteiger partial charge in [-0.1, -0.05) is 25.6 Å². The maximum absolute atomic E-state index is 5.54. The summed E-state index contributed by atoms with van der Waals surface area (Å²) in [5.41, 5.74) is 8.20. The van der Waals surface area contributed by atoms with Crippen LogP contribution in [0.5, 0.6) is 0 Å². The van der Waals surface area contributed by atoms with Gasteiger partial charge in [0.25, 0.3) is 0 Å². The SMILES string of the molecule is C=Cc1ccc(/C(C=NCCC)=C/N)nc1. The molecule has 1 rings (SSSR count). The molecule has 0 fully saturated rings. The number of rotatable bonds is 5. The molecule has 2 N–H and O–H groups in total. The number of hydrogen-bond acceptors (Lipinski definition) is 3. The number of hydrogen-bond donors (Lipinski definition) is 1. The molecular formula is C13H17N3. The summed E-state index contributed by atoms with van der Waals surface area (Å²) in [6.07, 6.45) is 7.83.